The number of carbonyl (C=O) groups is 1. The molecular formula is C10H12ClNO. The van der Waals surface area contributed by atoms with E-state index in [1.807, 2.05) is 13.0 Å². The van der Waals surface area contributed by atoms with Crippen LogP contribution in [0.3, 0.4) is 0 Å². The van der Waals surface area contributed by atoms with Gasteiger partial charge in [0.15, 0.2) is 5.78 Å². The summed E-state index contributed by atoms with van der Waals surface area (Å²) in [5.41, 5.74) is 6.90. The predicted octanol–water partition coefficient (Wildman–Crippen LogP) is 2.18. The van der Waals surface area contributed by atoms with Crippen LogP contribution in [0.25, 0.3) is 0 Å². The monoisotopic (exact) mass is 197 g/mol. The van der Waals surface area contributed by atoms with Crippen LogP contribution in [0.15, 0.2) is 18.2 Å². The van der Waals surface area contributed by atoms with E-state index in [4.69, 9.17) is 17.3 Å². The maximum absolute atomic E-state index is 11.4. The van der Waals surface area contributed by atoms with Gasteiger partial charge >= 0.3 is 0 Å². The highest BCUT2D eigenvalue weighted by Gasteiger charge is 2.08. The van der Waals surface area contributed by atoms with Crippen molar-refractivity contribution in [2.75, 3.05) is 6.54 Å². The number of nitrogens with two attached hydrogens (primary N) is 1. The van der Waals surface area contributed by atoms with Crippen molar-refractivity contribution in [3.63, 3.8) is 0 Å². The average Bonchev–Trinajstić information content (AvgIpc) is 2.04. The molecule has 0 aliphatic rings. The molecule has 0 atom stereocenters. The van der Waals surface area contributed by atoms with Crippen molar-refractivity contribution in [2.45, 2.75) is 13.3 Å². The van der Waals surface area contributed by atoms with E-state index in [1.54, 1.807) is 12.1 Å². The molecule has 0 radical (unpaired) electrons. The van der Waals surface area contributed by atoms with Crippen molar-refractivity contribution >= 4 is 17.4 Å². The quantitative estimate of drug-likeness (QED) is 0.755. The summed E-state index contributed by atoms with van der Waals surface area (Å²) >= 11 is 5.90. The molecule has 2 N–H and O–H groups in total. The fraction of sp³-hybridized carbons (Fsp3) is 0.300. The molecule has 0 saturated carbocycles. The lowest BCUT2D eigenvalue weighted by atomic mass is 10.1. The SMILES string of the molecule is Cc1ccc(C(=O)CCN)c(Cl)c1. The molecule has 0 saturated heterocycles. The number of benzene rings is 1. The number of aryl methyl sites for hydroxylation is 1. The van der Waals surface area contributed by atoms with Gasteiger partial charge in [-0.05, 0) is 31.2 Å². The molecule has 0 aromatic heterocycles. The minimum Gasteiger partial charge on any atom is -0.330 e. The topological polar surface area (TPSA) is 43.1 Å². The van der Waals surface area contributed by atoms with Gasteiger partial charge in [-0.25, -0.2) is 0 Å². The molecule has 1 aromatic carbocycles. The molecule has 3 heteroatoms. The molecular weight excluding hydrogens is 186 g/mol. The van der Waals surface area contributed by atoms with Crippen LogP contribution >= 0.6 is 11.6 Å². The van der Waals surface area contributed by atoms with E-state index in [2.05, 4.69) is 0 Å². The Balaban J connectivity index is 2.95. The smallest absolute Gasteiger partial charge is 0.165 e. The molecule has 0 aliphatic carbocycles. The Morgan fingerprint density at radius 2 is 2.23 bits per heavy atom. The summed E-state index contributed by atoms with van der Waals surface area (Å²) < 4.78 is 0. The molecule has 1 aromatic rings. The van der Waals surface area contributed by atoms with Crippen molar-refractivity contribution in [1.82, 2.24) is 0 Å². The fourth-order valence-corrected chi connectivity index (χ4v) is 1.45. The van der Waals surface area contributed by atoms with E-state index in [-0.39, 0.29) is 5.78 Å². The zero-order valence-corrected chi connectivity index (χ0v) is 8.27. The third-order valence-electron chi connectivity index (χ3n) is 1.80. The van der Waals surface area contributed by atoms with Crippen molar-refractivity contribution in [3.05, 3.63) is 34.3 Å². The molecule has 70 valence electrons. The largest absolute Gasteiger partial charge is 0.330 e. The Labute approximate surface area is 82.7 Å². The molecule has 13 heavy (non-hydrogen) atoms. The summed E-state index contributed by atoms with van der Waals surface area (Å²) in [5, 5.41) is 0.512. The van der Waals surface area contributed by atoms with E-state index in [0.717, 1.165) is 5.56 Å². The molecule has 0 unspecified atom stereocenters. The first kappa shape index (κ1) is 10.2. The van der Waals surface area contributed by atoms with E-state index in [1.165, 1.54) is 0 Å². The van der Waals surface area contributed by atoms with Gasteiger partial charge in [-0.3, -0.25) is 4.79 Å². The second kappa shape index (κ2) is 4.40. The lowest BCUT2D eigenvalue weighted by Crippen LogP contribution is -2.08. The van der Waals surface area contributed by atoms with Crippen molar-refractivity contribution in [2.24, 2.45) is 5.73 Å². The Kier molecular flexibility index (Phi) is 3.46. The number of Topliss-reactive ketones (excluding diaryl/α,β-unsaturated/α-hetero) is 1. The minimum absolute atomic E-state index is 0.00694. The number of hydrogen-bond donors (Lipinski definition) is 1. The first-order chi connectivity index (χ1) is 6.15. The van der Waals surface area contributed by atoms with Crippen LogP contribution in [0.5, 0.6) is 0 Å². The summed E-state index contributed by atoms with van der Waals surface area (Å²) in [6.07, 6.45) is 0.350. The first-order valence-electron chi connectivity index (χ1n) is 4.14. The molecule has 2 nitrogen and oxygen atoms in total. The van der Waals surface area contributed by atoms with Gasteiger partial charge in [0.2, 0.25) is 0 Å². The van der Waals surface area contributed by atoms with Crippen LogP contribution in [-0.4, -0.2) is 12.3 Å². The van der Waals surface area contributed by atoms with Gasteiger partial charge in [-0.15, -0.1) is 0 Å². The summed E-state index contributed by atoms with van der Waals surface area (Å²) in [5.74, 6) is 0.00694. The minimum atomic E-state index is 0.00694. The Morgan fingerprint density at radius 1 is 1.54 bits per heavy atom. The number of hydrogen-bond acceptors (Lipinski definition) is 2. The van der Waals surface area contributed by atoms with Gasteiger partial charge in [0.25, 0.3) is 0 Å². The maximum atomic E-state index is 11.4. The second-order valence-corrected chi connectivity index (χ2v) is 3.35. The highest BCUT2D eigenvalue weighted by atomic mass is 35.5. The second-order valence-electron chi connectivity index (χ2n) is 2.95. The van der Waals surface area contributed by atoms with Crippen LogP contribution < -0.4 is 5.73 Å². The van der Waals surface area contributed by atoms with Gasteiger partial charge in [-0.2, -0.15) is 0 Å². The Morgan fingerprint density at radius 3 is 2.77 bits per heavy atom. The predicted molar refractivity (Wildman–Crippen MR) is 54.2 cm³/mol. The lowest BCUT2D eigenvalue weighted by Gasteiger charge is -2.02. The van der Waals surface area contributed by atoms with Crippen molar-refractivity contribution in [1.29, 1.82) is 0 Å². The van der Waals surface area contributed by atoms with Crippen LogP contribution in [-0.2, 0) is 0 Å². The average molecular weight is 198 g/mol. The summed E-state index contributed by atoms with van der Waals surface area (Å²) in [6.45, 7) is 2.30. The van der Waals surface area contributed by atoms with Gasteiger partial charge < -0.3 is 5.73 Å². The molecule has 0 heterocycles. The van der Waals surface area contributed by atoms with E-state index < -0.39 is 0 Å². The Bertz CT molecular complexity index is 323. The van der Waals surface area contributed by atoms with Crippen molar-refractivity contribution < 1.29 is 4.79 Å². The summed E-state index contributed by atoms with van der Waals surface area (Å²) in [7, 11) is 0. The molecule has 0 spiro atoms. The third-order valence-corrected chi connectivity index (χ3v) is 2.11. The normalized spacial score (nSPS) is 10.1. The van der Waals surface area contributed by atoms with Gasteiger partial charge in [0.1, 0.15) is 0 Å². The van der Waals surface area contributed by atoms with Crippen molar-refractivity contribution in [3.8, 4) is 0 Å². The standard InChI is InChI=1S/C10H12ClNO/c1-7-2-3-8(9(11)6-7)10(13)4-5-12/h2-3,6H,4-5,12H2,1H3. The molecule has 1 rings (SSSR count). The number of rotatable bonds is 3. The zero-order chi connectivity index (χ0) is 9.84. The molecule has 0 fully saturated rings. The summed E-state index contributed by atoms with van der Waals surface area (Å²) in [4.78, 5) is 11.4. The number of carbonyl (C=O) groups excluding carboxylic acids is 1. The van der Waals surface area contributed by atoms with Crippen LogP contribution in [0, 0.1) is 6.92 Å². The Hall–Kier alpha value is -0.860. The van der Waals surface area contributed by atoms with Gasteiger partial charge in [0, 0.05) is 12.0 Å². The lowest BCUT2D eigenvalue weighted by molar-refractivity contribution is 0.0985. The summed E-state index contributed by atoms with van der Waals surface area (Å²) in [6, 6.07) is 5.40. The van der Waals surface area contributed by atoms with E-state index in [9.17, 15) is 4.79 Å². The maximum Gasteiger partial charge on any atom is 0.165 e. The highest BCUT2D eigenvalue weighted by molar-refractivity contribution is 6.34. The van der Waals surface area contributed by atoms with E-state index >= 15 is 0 Å². The van der Waals surface area contributed by atoms with E-state index in [0.29, 0.717) is 23.6 Å². The van der Waals surface area contributed by atoms with Gasteiger partial charge in [-0.1, -0.05) is 17.7 Å². The molecule has 0 bridgehead atoms. The first-order valence-corrected chi connectivity index (χ1v) is 4.52. The number of ketones is 1. The van der Waals surface area contributed by atoms with Crippen LogP contribution in [0.1, 0.15) is 22.3 Å². The molecule has 0 amide bonds. The third kappa shape index (κ3) is 2.54. The number of halogens is 1. The highest BCUT2D eigenvalue weighted by Crippen LogP contribution is 2.18. The van der Waals surface area contributed by atoms with Gasteiger partial charge in [0.05, 0.1) is 5.02 Å². The van der Waals surface area contributed by atoms with Crippen LogP contribution in [0.2, 0.25) is 5.02 Å². The molecule has 0 aliphatic heterocycles. The van der Waals surface area contributed by atoms with Crippen LogP contribution in [0.4, 0.5) is 0 Å². The zero-order valence-electron chi connectivity index (χ0n) is 7.51. The fourth-order valence-electron chi connectivity index (χ4n) is 1.11.